The number of benzene rings is 2. The van der Waals surface area contributed by atoms with Crippen LogP contribution in [0.15, 0.2) is 77.1 Å². The highest BCUT2D eigenvalue weighted by atomic mass is 16.5. The van der Waals surface area contributed by atoms with Crippen molar-refractivity contribution in [2.75, 3.05) is 0 Å². The Labute approximate surface area is 204 Å². The number of hydrogen-bond acceptors (Lipinski definition) is 5. The van der Waals surface area contributed by atoms with Crippen molar-refractivity contribution in [3.05, 3.63) is 93.8 Å². The lowest BCUT2D eigenvalue weighted by atomic mass is 9.71. The van der Waals surface area contributed by atoms with Gasteiger partial charge in [0.15, 0.2) is 5.78 Å². The zero-order chi connectivity index (χ0) is 24.5. The predicted molar refractivity (Wildman–Crippen MR) is 131 cm³/mol. The second-order valence-electron chi connectivity index (χ2n) is 9.67. The molecule has 2 aromatic carbocycles. The third kappa shape index (κ3) is 4.53. The van der Waals surface area contributed by atoms with Gasteiger partial charge >= 0.3 is 11.9 Å². The average molecular weight is 472 g/mol. The Morgan fingerprint density at radius 1 is 0.971 bits per heavy atom. The van der Waals surface area contributed by atoms with Crippen LogP contribution in [0.3, 0.4) is 0 Å². The summed E-state index contributed by atoms with van der Waals surface area (Å²) in [6.07, 6.45) is 4.62. The third-order valence-corrected chi connectivity index (χ3v) is 7.36. The molecule has 0 amide bonds. The normalized spacial score (nSPS) is 22.6. The summed E-state index contributed by atoms with van der Waals surface area (Å²) >= 11 is 0. The molecular formula is C29H29NO5. The summed E-state index contributed by atoms with van der Waals surface area (Å²) in [4.78, 5) is 38.8. The van der Waals surface area contributed by atoms with Gasteiger partial charge in [-0.05, 0) is 68.2 Å². The number of carbonyl (C=O) groups is 3. The van der Waals surface area contributed by atoms with Crippen LogP contribution in [0.25, 0.3) is 0 Å². The minimum atomic E-state index is -1.05. The first-order valence-corrected chi connectivity index (χ1v) is 12.3. The Bertz CT molecular complexity index is 1240. The highest BCUT2D eigenvalue weighted by Crippen LogP contribution is 2.46. The lowest BCUT2D eigenvalue weighted by molar-refractivity contribution is -0.144. The van der Waals surface area contributed by atoms with Crippen LogP contribution < -0.4 is 5.32 Å². The topological polar surface area (TPSA) is 92.7 Å². The predicted octanol–water partition coefficient (Wildman–Crippen LogP) is 5.23. The molecule has 35 heavy (non-hydrogen) atoms. The summed E-state index contributed by atoms with van der Waals surface area (Å²) in [7, 11) is 0. The molecule has 1 heterocycles. The summed E-state index contributed by atoms with van der Waals surface area (Å²) in [6.45, 7) is 1.83. The number of Topliss-reactive ketones (excluding diaryl/α,β-unsaturated/α-hetero) is 1. The zero-order valence-electron chi connectivity index (χ0n) is 19.8. The van der Waals surface area contributed by atoms with Gasteiger partial charge in [0.05, 0.1) is 11.1 Å². The van der Waals surface area contributed by atoms with E-state index in [2.05, 4.69) is 5.32 Å². The van der Waals surface area contributed by atoms with Crippen molar-refractivity contribution < 1.29 is 24.2 Å². The fourth-order valence-electron chi connectivity index (χ4n) is 5.68. The SMILES string of the molecule is CC1=C(C(=O)OC2CCCC2)C(c2cccc(C(=O)O)c2)C2=C(CC(c3ccccc3)CC2=O)N1. The lowest BCUT2D eigenvalue weighted by Crippen LogP contribution is -2.36. The maximum Gasteiger partial charge on any atom is 0.337 e. The Morgan fingerprint density at radius 3 is 2.40 bits per heavy atom. The fraction of sp³-hybridized carbons (Fsp3) is 0.345. The number of esters is 1. The molecule has 0 bridgehead atoms. The molecule has 2 N–H and O–H groups in total. The van der Waals surface area contributed by atoms with Gasteiger partial charge in [0, 0.05) is 29.3 Å². The molecule has 6 heteroatoms. The van der Waals surface area contributed by atoms with Crippen LogP contribution >= 0.6 is 0 Å². The summed E-state index contributed by atoms with van der Waals surface area (Å²) in [5.41, 5.74) is 4.23. The van der Waals surface area contributed by atoms with Gasteiger partial charge in [-0.2, -0.15) is 0 Å². The molecule has 2 atom stereocenters. The van der Waals surface area contributed by atoms with Crippen LogP contribution in [-0.2, 0) is 14.3 Å². The molecule has 1 saturated carbocycles. The molecule has 2 unspecified atom stereocenters. The molecule has 0 radical (unpaired) electrons. The molecular weight excluding hydrogens is 442 g/mol. The van der Waals surface area contributed by atoms with E-state index in [1.54, 1.807) is 18.2 Å². The van der Waals surface area contributed by atoms with Gasteiger partial charge in [0.2, 0.25) is 0 Å². The molecule has 5 rings (SSSR count). The number of ketones is 1. The van der Waals surface area contributed by atoms with Gasteiger partial charge in [-0.25, -0.2) is 9.59 Å². The highest BCUT2D eigenvalue weighted by molar-refractivity contribution is 6.04. The Hall–Kier alpha value is -3.67. The van der Waals surface area contributed by atoms with E-state index >= 15 is 0 Å². The molecule has 0 spiro atoms. The molecule has 2 aromatic rings. The standard InChI is InChI=1S/C29H29NO5/c1-17-25(29(34)35-22-12-5-6-13-22)26(19-10-7-11-20(14-19)28(32)33)27-23(30-17)15-21(16-24(27)31)18-8-3-2-4-9-18/h2-4,7-11,14,21-22,26,30H,5-6,12-13,15-16H2,1H3,(H,32,33). The number of rotatable bonds is 5. The maximum absolute atomic E-state index is 13.6. The van der Waals surface area contributed by atoms with E-state index < -0.39 is 17.9 Å². The number of dihydropyridines is 1. The summed E-state index contributed by atoms with van der Waals surface area (Å²) in [6, 6.07) is 16.5. The van der Waals surface area contributed by atoms with Crippen molar-refractivity contribution in [1.82, 2.24) is 5.32 Å². The van der Waals surface area contributed by atoms with Crippen molar-refractivity contribution in [2.45, 2.75) is 63.4 Å². The van der Waals surface area contributed by atoms with Gasteiger partial charge in [0.25, 0.3) is 0 Å². The van der Waals surface area contributed by atoms with Gasteiger partial charge in [-0.3, -0.25) is 4.79 Å². The van der Waals surface area contributed by atoms with Gasteiger partial charge in [0.1, 0.15) is 6.10 Å². The van der Waals surface area contributed by atoms with E-state index in [-0.39, 0.29) is 23.4 Å². The Morgan fingerprint density at radius 2 is 1.69 bits per heavy atom. The van der Waals surface area contributed by atoms with Crippen LogP contribution in [0, 0.1) is 0 Å². The number of carboxylic acid groups (broad SMARTS) is 1. The first kappa shape index (κ1) is 23.1. The third-order valence-electron chi connectivity index (χ3n) is 7.36. The van der Waals surface area contributed by atoms with Crippen molar-refractivity contribution in [2.24, 2.45) is 0 Å². The number of ether oxygens (including phenoxy) is 1. The number of allylic oxidation sites excluding steroid dienone is 3. The molecule has 180 valence electrons. The van der Waals surface area contributed by atoms with E-state index in [1.807, 2.05) is 37.3 Å². The Balaban J connectivity index is 1.57. The summed E-state index contributed by atoms with van der Waals surface area (Å²) in [5.74, 6) is -2.14. The smallest absolute Gasteiger partial charge is 0.337 e. The fourth-order valence-corrected chi connectivity index (χ4v) is 5.68. The lowest BCUT2D eigenvalue weighted by Gasteiger charge is -2.37. The summed E-state index contributed by atoms with van der Waals surface area (Å²) in [5, 5.41) is 12.9. The minimum absolute atomic E-state index is 0.0306. The van der Waals surface area contributed by atoms with E-state index in [9.17, 15) is 19.5 Å². The van der Waals surface area contributed by atoms with E-state index in [0.29, 0.717) is 35.2 Å². The minimum Gasteiger partial charge on any atom is -0.478 e. The van der Waals surface area contributed by atoms with E-state index in [1.165, 1.54) is 6.07 Å². The van der Waals surface area contributed by atoms with E-state index in [0.717, 1.165) is 36.9 Å². The molecule has 1 aliphatic heterocycles. The van der Waals surface area contributed by atoms with Crippen LogP contribution in [0.2, 0.25) is 0 Å². The summed E-state index contributed by atoms with van der Waals surface area (Å²) < 4.78 is 5.87. The number of carbonyl (C=O) groups excluding carboxylic acids is 2. The zero-order valence-corrected chi connectivity index (χ0v) is 19.8. The van der Waals surface area contributed by atoms with Crippen molar-refractivity contribution in [3.63, 3.8) is 0 Å². The second-order valence-corrected chi connectivity index (χ2v) is 9.67. The van der Waals surface area contributed by atoms with Crippen LogP contribution in [0.4, 0.5) is 0 Å². The number of hydrogen-bond donors (Lipinski definition) is 2. The van der Waals surface area contributed by atoms with E-state index in [4.69, 9.17) is 4.74 Å². The molecule has 3 aliphatic rings. The number of nitrogens with one attached hydrogen (secondary N) is 1. The molecule has 0 saturated heterocycles. The van der Waals surface area contributed by atoms with Gasteiger partial charge in [-0.1, -0.05) is 42.5 Å². The number of carboxylic acids is 1. The average Bonchev–Trinajstić information content (AvgIpc) is 3.36. The number of aromatic carboxylic acids is 1. The van der Waals surface area contributed by atoms with Crippen molar-refractivity contribution in [3.8, 4) is 0 Å². The highest BCUT2D eigenvalue weighted by Gasteiger charge is 2.42. The molecule has 6 nitrogen and oxygen atoms in total. The largest absolute Gasteiger partial charge is 0.478 e. The van der Waals surface area contributed by atoms with Crippen molar-refractivity contribution in [1.29, 1.82) is 0 Å². The molecule has 2 aliphatic carbocycles. The van der Waals surface area contributed by atoms with Crippen LogP contribution in [0.5, 0.6) is 0 Å². The second kappa shape index (κ2) is 9.53. The van der Waals surface area contributed by atoms with Crippen LogP contribution in [0.1, 0.15) is 78.8 Å². The first-order chi connectivity index (χ1) is 16.9. The first-order valence-electron chi connectivity index (χ1n) is 12.3. The quantitative estimate of drug-likeness (QED) is 0.580. The molecule has 1 fully saturated rings. The molecule has 0 aromatic heterocycles. The maximum atomic E-state index is 13.6. The monoisotopic (exact) mass is 471 g/mol. The van der Waals surface area contributed by atoms with Gasteiger partial charge in [-0.15, -0.1) is 0 Å². The van der Waals surface area contributed by atoms with Crippen LogP contribution in [-0.4, -0.2) is 28.9 Å². The van der Waals surface area contributed by atoms with Gasteiger partial charge < -0.3 is 15.2 Å². The van der Waals surface area contributed by atoms with Crippen molar-refractivity contribution >= 4 is 17.7 Å². The Kier molecular flexibility index (Phi) is 6.29.